The maximum Gasteiger partial charge on any atom is 0.335 e. The molecular formula is C27H21N2O6-. The number of hydrogen-bond acceptors (Lipinski definition) is 6. The number of carbonyl (C=O) groups excluding carboxylic acids is 4. The van der Waals surface area contributed by atoms with E-state index in [-0.39, 0.29) is 17.7 Å². The van der Waals surface area contributed by atoms with Crippen LogP contribution in [0.4, 0.5) is 10.5 Å². The lowest BCUT2D eigenvalue weighted by Gasteiger charge is -2.26. The molecular weight excluding hydrogens is 448 g/mol. The zero-order valence-corrected chi connectivity index (χ0v) is 18.8. The standard InChI is InChI=1S/C27H22N2O6/c1-2-17-9-13-21(14-10-17)29-25(31)22(24(30)28-27(29)34)15-20-5-3-4-6-23(20)35-16-18-7-11-19(12-8-18)26(32)33/h3-15H,2,16H2,1H3,(H,32,33)(H,28,30,34)/p-1/b22-15+. The molecule has 0 bridgehead atoms. The Morgan fingerprint density at radius 3 is 2.26 bits per heavy atom. The van der Waals surface area contributed by atoms with E-state index in [1.165, 1.54) is 18.2 Å². The highest BCUT2D eigenvalue weighted by Crippen LogP contribution is 2.26. The van der Waals surface area contributed by atoms with Crippen LogP contribution >= 0.6 is 0 Å². The Balaban J connectivity index is 1.59. The third-order valence-electron chi connectivity index (χ3n) is 5.51. The molecule has 176 valence electrons. The van der Waals surface area contributed by atoms with E-state index in [0.717, 1.165) is 22.4 Å². The number of nitrogens with one attached hydrogen (secondary N) is 1. The minimum Gasteiger partial charge on any atom is -0.545 e. The van der Waals surface area contributed by atoms with Crippen LogP contribution in [0.1, 0.15) is 34.0 Å². The normalized spacial score (nSPS) is 14.7. The molecule has 1 aliphatic rings. The van der Waals surface area contributed by atoms with Crippen LogP contribution in [-0.2, 0) is 22.6 Å². The number of imide groups is 2. The fraction of sp³-hybridized carbons (Fsp3) is 0.111. The van der Waals surface area contributed by atoms with Gasteiger partial charge in [0.25, 0.3) is 11.8 Å². The average Bonchev–Trinajstić information content (AvgIpc) is 2.86. The van der Waals surface area contributed by atoms with Gasteiger partial charge < -0.3 is 14.6 Å². The van der Waals surface area contributed by atoms with Gasteiger partial charge in [0.15, 0.2) is 0 Å². The molecule has 1 fully saturated rings. The number of carboxylic acid groups (broad SMARTS) is 1. The fourth-order valence-corrected chi connectivity index (χ4v) is 3.56. The van der Waals surface area contributed by atoms with Crippen molar-refractivity contribution in [1.82, 2.24) is 5.32 Å². The van der Waals surface area contributed by atoms with Crippen molar-refractivity contribution >= 4 is 35.6 Å². The van der Waals surface area contributed by atoms with Gasteiger partial charge in [0.05, 0.1) is 11.7 Å². The molecule has 0 radical (unpaired) electrons. The predicted molar refractivity (Wildman–Crippen MR) is 126 cm³/mol. The number of ether oxygens (including phenoxy) is 1. The number of para-hydroxylation sites is 1. The Morgan fingerprint density at radius 1 is 0.943 bits per heavy atom. The molecule has 3 aromatic rings. The van der Waals surface area contributed by atoms with Crippen molar-refractivity contribution in [1.29, 1.82) is 0 Å². The van der Waals surface area contributed by atoms with Gasteiger partial charge in [-0.2, -0.15) is 0 Å². The monoisotopic (exact) mass is 469 g/mol. The van der Waals surface area contributed by atoms with Crippen molar-refractivity contribution in [3.8, 4) is 5.75 Å². The van der Waals surface area contributed by atoms with E-state index in [2.05, 4.69) is 5.32 Å². The molecule has 0 atom stereocenters. The van der Waals surface area contributed by atoms with Crippen LogP contribution in [0.5, 0.6) is 5.75 Å². The number of barbiturate groups is 1. The van der Waals surface area contributed by atoms with E-state index in [0.29, 0.717) is 17.0 Å². The molecule has 35 heavy (non-hydrogen) atoms. The number of carbonyl (C=O) groups is 4. The SMILES string of the molecule is CCc1ccc(N2C(=O)NC(=O)/C(=C\c3ccccc3OCc3ccc(C(=O)[O-])cc3)C2=O)cc1. The number of anilines is 1. The summed E-state index contributed by atoms with van der Waals surface area (Å²) in [5.41, 5.74) is 2.44. The highest BCUT2D eigenvalue weighted by Gasteiger charge is 2.36. The lowest BCUT2D eigenvalue weighted by Crippen LogP contribution is -2.54. The minimum atomic E-state index is -1.27. The molecule has 1 aliphatic heterocycles. The van der Waals surface area contributed by atoms with E-state index < -0.39 is 23.8 Å². The topological polar surface area (TPSA) is 116 Å². The van der Waals surface area contributed by atoms with Crippen molar-refractivity contribution in [2.45, 2.75) is 20.0 Å². The largest absolute Gasteiger partial charge is 0.545 e. The smallest absolute Gasteiger partial charge is 0.335 e. The number of rotatable bonds is 7. The van der Waals surface area contributed by atoms with Gasteiger partial charge in [0.2, 0.25) is 0 Å². The Labute approximate surface area is 201 Å². The molecule has 0 saturated carbocycles. The number of nitrogens with zero attached hydrogens (tertiary/aromatic N) is 1. The second-order valence-corrected chi connectivity index (χ2v) is 7.79. The van der Waals surface area contributed by atoms with Crippen LogP contribution in [0.3, 0.4) is 0 Å². The fourth-order valence-electron chi connectivity index (χ4n) is 3.56. The van der Waals surface area contributed by atoms with Gasteiger partial charge in [-0.3, -0.25) is 14.9 Å². The lowest BCUT2D eigenvalue weighted by atomic mass is 10.1. The van der Waals surface area contributed by atoms with Crippen molar-refractivity contribution in [3.63, 3.8) is 0 Å². The molecule has 0 spiro atoms. The zero-order valence-electron chi connectivity index (χ0n) is 18.8. The summed E-state index contributed by atoms with van der Waals surface area (Å²) >= 11 is 0. The zero-order chi connectivity index (χ0) is 24.9. The molecule has 4 amide bonds. The molecule has 4 rings (SSSR count). The average molecular weight is 469 g/mol. The maximum atomic E-state index is 13.2. The van der Waals surface area contributed by atoms with Crippen molar-refractivity contribution in [3.05, 3.63) is 101 Å². The van der Waals surface area contributed by atoms with Crippen molar-refractivity contribution in [2.24, 2.45) is 0 Å². The molecule has 0 aromatic heterocycles. The number of aryl methyl sites for hydroxylation is 1. The third kappa shape index (κ3) is 5.11. The summed E-state index contributed by atoms with van der Waals surface area (Å²) in [6, 6.07) is 19.0. The van der Waals surface area contributed by atoms with Gasteiger partial charge in [-0.1, -0.05) is 61.5 Å². The summed E-state index contributed by atoms with van der Waals surface area (Å²) in [5, 5.41) is 13.1. The van der Waals surface area contributed by atoms with Crippen LogP contribution in [0.2, 0.25) is 0 Å². The van der Waals surface area contributed by atoms with Gasteiger partial charge in [-0.05, 0) is 47.4 Å². The second-order valence-electron chi connectivity index (χ2n) is 7.79. The van der Waals surface area contributed by atoms with Crippen LogP contribution in [0, 0.1) is 0 Å². The first-order valence-corrected chi connectivity index (χ1v) is 10.9. The molecule has 8 nitrogen and oxygen atoms in total. The number of urea groups is 1. The molecule has 1 saturated heterocycles. The van der Waals surface area contributed by atoms with Crippen LogP contribution < -0.4 is 20.1 Å². The van der Waals surface area contributed by atoms with E-state index in [1.54, 1.807) is 48.5 Å². The third-order valence-corrected chi connectivity index (χ3v) is 5.51. The first-order chi connectivity index (χ1) is 16.9. The Hall–Kier alpha value is -4.72. The Morgan fingerprint density at radius 2 is 1.60 bits per heavy atom. The second kappa shape index (κ2) is 10.0. The van der Waals surface area contributed by atoms with Gasteiger partial charge in [-0.15, -0.1) is 0 Å². The Kier molecular flexibility index (Phi) is 6.73. The number of carboxylic acids is 1. The van der Waals surface area contributed by atoms with Gasteiger partial charge in [0, 0.05) is 5.56 Å². The van der Waals surface area contributed by atoms with Crippen LogP contribution in [0.15, 0.2) is 78.4 Å². The molecule has 1 N–H and O–H groups in total. The highest BCUT2D eigenvalue weighted by atomic mass is 16.5. The highest BCUT2D eigenvalue weighted by molar-refractivity contribution is 6.39. The number of benzene rings is 3. The first kappa shape index (κ1) is 23.4. The molecule has 0 aliphatic carbocycles. The summed E-state index contributed by atoms with van der Waals surface area (Å²) in [7, 11) is 0. The summed E-state index contributed by atoms with van der Waals surface area (Å²) in [5.74, 6) is -2.40. The van der Waals surface area contributed by atoms with E-state index in [4.69, 9.17) is 4.74 Å². The van der Waals surface area contributed by atoms with Crippen LogP contribution in [-0.4, -0.2) is 23.8 Å². The minimum absolute atomic E-state index is 0.0594. The van der Waals surface area contributed by atoms with Crippen molar-refractivity contribution in [2.75, 3.05) is 4.90 Å². The molecule has 8 heteroatoms. The summed E-state index contributed by atoms with van der Waals surface area (Å²) in [6.45, 7) is 2.12. The van der Waals surface area contributed by atoms with E-state index in [9.17, 15) is 24.3 Å². The number of amides is 4. The predicted octanol–water partition coefficient (Wildman–Crippen LogP) is 2.86. The molecule has 1 heterocycles. The number of aromatic carboxylic acids is 1. The Bertz CT molecular complexity index is 1330. The summed E-state index contributed by atoms with van der Waals surface area (Å²) in [4.78, 5) is 50.0. The van der Waals surface area contributed by atoms with E-state index in [1.807, 2.05) is 19.1 Å². The lowest BCUT2D eigenvalue weighted by molar-refractivity contribution is -0.255. The van der Waals surface area contributed by atoms with Crippen molar-refractivity contribution < 1.29 is 29.0 Å². The van der Waals surface area contributed by atoms with Crippen LogP contribution in [0.25, 0.3) is 6.08 Å². The van der Waals surface area contributed by atoms with Gasteiger partial charge >= 0.3 is 6.03 Å². The summed E-state index contributed by atoms with van der Waals surface area (Å²) in [6.07, 6.45) is 2.19. The van der Waals surface area contributed by atoms with E-state index >= 15 is 0 Å². The quantitative estimate of drug-likeness (QED) is 0.420. The summed E-state index contributed by atoms with van der Waals surface area (Å²) < 4.78 is 5.86. The first-order valence-electron chi connectivity index (χ1n) is 10.9. The molecule has 3 aromatic carbocycles. The maximum absolute atomic E-state index is 13.2. The van der Waals surface area contributed by atoms with Gasteiger partial charge in [-0.25, -0.2) is 9.69 Å². The van der Waals surface area contributed by atoms with Gasteiger partial charge in [0.1, 0.15) is 17.9 Å². The molecule has 0 unspecified atom stereocenters. The number of hydrogen-bond donors (Lipinski definition) is 1.